The minimum Gasteiger partial charge on any atom is -0.481 e. The van der Waals surface area contributed by atoms with Crippen LogP contribution in [0.15, 0.2) is 30.0 Å². The van der Waals surface area contributed by atoms with Gasteiger partial charge in [-0.2, -0.15) is 5.06 Å². The van der Waals surface area contributed by atoms with E-state index in [0.717, 1.165) is 71.8 Å². The fourth-order valence-electron chi connectivity index (χ4n) is 3.89. The third kappa shape index (κ3) is 12.8. The number of allylic oxidation sites excluding steroid dienone is 1. The van der Waals surface area contributed by atoms with Gasteiger partial charge in [-0.05, 0) is 55.3 Å². The number of carbonyl (C=O) groups excluding carboxylic acids is 2. The van der Waals surface area contributed by atoms with Gasteiger partial charge in [-0.3, -0.25) is 24.1 Å². The SMILES string of the molecule is CCC(=O)O.CCCCCCC(=C1C(=O)N(OC)C(=O)N1OC)c1ccccc1CC.NCCCCC(N)C(=O)O. The molecule has 0 bridgehead atoms. The third-order valence-electron chi connectivity index (χ3n) is 6.18. The fourth-order valence-corrected chi connectivity index (χ4v) is 3.89. The van der Waals surface area contributed by atoms with E-state index in [-0.39, 0.29) is 12.1 Å². The number of hydrogen-bond donors (Lipinski definition) is 4. The quantitative estimate of drug-likeness (QED) is 0.132. The van der Waals surface area contributed by atoms with Gasteiger partial charge in [0.15, 0.2) is 0 Å². The first-order valence-corrected chi connectivity index (χ1v) is 14.0. The zero-order chi connectivity index (χ0) is 31.4. The zero-order valence-corrected chi connectivity index (χ0v) is 25.1. The lowest BCUT2D eigenvalue weighted by molar-refractivity contribution is -0.152. The maximum Gasteiger partial charge on any atom is 0.380 e. The molecule has 0 saturated carbocycles. The average Bonchev–Trinajstić information content (AvgIpc) is 3.21. The first-order valence-electron chi connectivity index (χ1n) is 14.0. The highest BCUT2D eigenvalue weighted by Gasteiger charge is 2.45. The number of nitrogens with zero attached hydrogens (tertiary/aromatic N) is 2. The van der Waals surface area contributed by atoms with Crippen LogP contribution in [0.3, 0.4) is 0 Å². The number of benzene rings is 1. The number of aryl methyl sites for hydroxylation is 1. The molecular formula is C29H48N4O8. The number of carboxylic acid groups (broad SMARTS) is 2. The molecule has 41 heavy (non-hydrogen) atoms. The number of urea groups is 1. The van der Waals surface area contributed by atoms with Crippen LogP contribution in [0.1, 0.15) is 89.7 Å². The Hall–Kier alpha value is -3.32. The number of aliphatic carboxylic acids is 2. The molecule has 2 rings (SSSR count). The number of amides is 3. The highest BCUT2D eigenvalue weighted by Crippen LogP contribution is 2.34. The molecule has 1 aromatic rings. The molecule has 1 aliphatic rings. The van der Waals surface area contributed by atoms with Crippen LogP contribution in [0.4, 0.5) is 4.79 Å². The Labute approximate surface area is 243 Å². The molecule has 0 aliphatic carbocycles. The standard InChI is InChI=1S/C20H28N2O4.C6H14N2O2.C3H6O2/c1-5-7-8-9-14-17(16-13-11-10-12-15(16)6-2)18-19(23)22(26-4)20(24)21(18)25-3;7-4-2-1-3-5(8)6(9)10;1-2-3(4)5/h10-13H,5-9,14H2,1-4H3;5H,1-4,7-8H2,(H,9,10);2H2,1H3,(H,4,5). The van der Waals surface area contributed by atoms with E-state index in [1.54, 1.807) is 6.92 Å². The van der Waals surface area contributed by atoms with Crippen molar-refractivity contribution in [2.45, 2.75) is 91.0 Å². The predicted octanol–water partition coefficient (Wildman–Crippen LogP) is 4.33. The van der Waals surface area contributed by atoms with Crippen molar-refractivity contribution in [2.75, 3.05) is 20.8 Å². The van der Waals surface area contributed by atoms with E-state index in [0.29, 0.717) is 19.4 Å². The van der Waals surface area contributed by atoms with Gasteiger partial charge in [0.1, 0.15) is 11.7 Å². The lowest BCUT2D eigenvalue weighted by Gasteiger charge is -2.18. The molecule has 232 valence electrons. The summed E-state index contributed by atoms with van der Waals surface area (Å²) in [6, 6.07) is 6.64. The monoisotopic (exact) mass is 580 g/mol. The second-order valence-electron chi connectivity index (χ2n) is 9.17. The number of hydroxylamine groups is 4. The van der Waals surface area contributed by atoms with Crippen molar-refractivity contribution in [1.29, 1.82) is 0 Å². The first kappa shape index (κ1) is 37.7. The van der Waals surface area contributed by atoms with Gasteiger partial charge in [0.25, 0.3) is 0 Å². The minimum absolute atomic E-state index is 0.222. The molecule has 12 nitrogen and oxygen atoms in total. The van der Waals surface area contributed by atoms with E-state index in [1.165, 1.54) is 14.2 Å². The molecule has 0 radical (unpaired) electrons. The normalized spacial score (nSPS) is 14.6. The predicted molar refractivity (Wildman–Crippen MR) is 156 cm³/mol. The molecule has 12 heteroatoms. The lowest BCUT2D eigenvalue weighted by atomic mass is 9.92. The summed E-state index contributed by atoms with van der Waals surface area (Å²) in [4.78, 5) is 54.9. The Morgan fingerprint density at radius 1 is 0.927 bits per heavy atom. The maximum atomic E-state index is 12.8. The van der Waals surface area contributed by atoms with Crippen molar-refractivity contribution in [1.82, 2.24) is 10.1 Å². The second kappa shape index (κ2) is 21.4. The van der Waals surface area contributed by atoms with Crippen LogP contribution in [-0.2, 0) is 30.5 Å². The average molecular weight is 581 g/mol. The van der Waals surface area contributed by atoms with E-state index in [4.69, 9.17) is 31.4 Å². The summed E-state index contributed by atoms with van der Waals surface area (Å²) in [6.07, 6.45) is 8.21. The first-order chi connectivity index (χ1) is 19.6. The maximum absolute atomic E-state index is 12.8. The van der Waals surface area contributed by atoms with Crippen LogP contribution in [0.2, 0.25) is 0 Å². The summed E-state index contributed by atoms with van der Waals surface area (Å²) in [5.41, 5.74) is 13.6. The lowest BCUT2D eigenvalue weighted by Crippen LogP contribution is -2.31. The van der Waals surface area contributed by atoms with Gasteiger partial charge in [-0.15, -0.1) is 5.06 Å². The van der Waals surface area contributed by atoms with Gasteiger partial charge in [0, 0.05) is 6.42 Å². The van der Waals surface area contributed by atoms with Gasteiger partial charge >= 0.3 is 23.9 Å². The van der Waals surface area contributed by atoms with Gasteiger partial charge in [0.05, 0.1) is 14.2 Å². The van der Waals surface area contributed by atoms with Crippen LogP contribution in [0, 0.1) is 0 Å². The van der Waals surface area contributed by atoms with Crippen LogP contribution in [-0.4, -0.2) is 71.0 Å². The Bertz CT molecular complexity index is 999. The zero-order valence-electron chi connectivity index (χ0n) is 25.1. The molecule has 3 amide bonds. The molecule has 0 aromatic heterocycles. The number of rotatable bonds is 15. The fraction of sp³-hybridized carbons (Fsp3) is 0.586. The number of unbranched alkanes of at least 4 members (excludes halogenated alkanes) is 4. The van der Waals surface area contributed by atoms with Crippen LogP contribution >= 0.6 is 0 Å². The number of hydrogen-bond acceptors (Lipinski definition) is 8. The third-order valence-corrected chi connectivity index (χ3v) is 6.18. The van der Waals surface area contributed by atoms with Crippen molar-refractivity contribution in [3.63, 3.8) is 0 Å². The van der Waals surface area contributed by atoms with E-state index in [9.17, 15) is 19.2 Å². The molecule has 6 N–H and O–H groups in total. The summed E-state index contributed by atoms with van der Waals surface area (Å²) in [5, 5.41) is 17.8. The van der Waals surface area contributed by atoms with Crippen LogP contribution < -0.4 is 11.5 Å². The highest BCUT2D eigenvalue weighted by atomic mass is 16.7. The Morgan fingerprint density at radius 3 is 2.02 bits per heavy atom. The van der Waals surface area contributed by atoms with E-state index >= 15 is 0 Å². The highest BCUT2D eigenvalue weighted by molar-refractivity contribution is 6.14. The number of carbonyl (C=O) groups is 4. The van der Waals surface area contributed by atoms with E-state index in [2.05, 4.69) is 19.9 Å². The van der Waals surface area contributed by atoms with Gasteiger partial charge in [-0.25, -0.2) is 4.79 Å². The van der Waals surface area contributed by atoms with Crippen LogP contribution in [0.25, 0.3) is 5.57 Å². The van der Waals surface area contributed by atoms with Gasteiger partial charge in [-0.1, -0.05) is 70.7 Å². The number of nitrogens with two attached hydrogens (primary N) is 2. The summed E-state index contributed by atoms with van der Waals surface area (Å²) >= 11 is 0. The summed E-state index contributed by atoms with van der Waals surface area (Å²) in [6.45, 7) is 6.44. The molecule has 1 atom stereocenters. The van der Waals surface area contributed by atoms with Crippen molar-refractivity contribution >= 4 is 29.5 Å². The van der Waals surface area contributed by atoms with Gasteiger partial charge in [0.2, 0.25) is 0 Å². The molecule has 1 unspecified atom stereocenters. The second-order valence-corrected chi connectivity index (χ2v) is 9.17. The summed E-state index contributed by atoms with van der Waals surface area (Å²) in [7, 11) is 2.68. The molecule has 1 saturated heterocycles. The van der Waals surface area contributed by atoms with E-state index < -0.39 is 29.9 Å². The number of carboxylic acids is 2. The Kier molecular flexibility index (Phi) is 19.7. The molecule has 1 heterocycles. The van der Waals surface area contributed by atoms with Crippen molar-refractivity contribution in [2.24, 2.45) is 11.5 Å². The Morgan fingerprint density at radius 2 is 1.54 bits per heavy atom. The number of imide groups is 1. The minimum atomic E-state index is -0.933. The molecule has 0 spiro atoms. The molecule has 1 fully saturated rings. The van der Waals surface area contributed by atoms with E-state index in [1.807, 2.05) is 18.2 Å². The molecule has 1 aromatic carbocycles. The van der Waals surface area contributed by atoms with Crippen LogP contribution in [0.5, 0.6) is 0 Å². The summed E-state index contributed by atoms with van der Waals surface area (Å²) in [5.74, 6) is -2.17. The topological polar surface area (TPSA) is 186 Å². The smallest absolute Gasteiger partial charge is 0.380 e. The Balaban J connectivity index is 0.000000881. The molecule has 1 aliphatic heterocycles. The molecular weight excluding hydrogens is 532 g/mol. The summed E-state index contributed by atoms with van der Waals surface area (Å²) < 4.78 is 0. The largest absolute Gasteiger partial charge is 0.481 e. The van der Waals surface area contributed by atoms with Crippen molar-refractivity contribution < 1.29 is 39.1 Å². The van der Waals surface area contributed by atoms with Gasteiger partial charge < -0.3 is 21.7 Å². The van der Waals surface area contributed by atoms with Crippen molar-refractivity contribution in [3.8, 4) is 0 Å². The van der Waals surface area contributed by atoms with Crippen molar-refractivity contribution in [3.05, 3.63) is 41.1 Å².